The van der Waals surface area contributed by atoms with Crippen LogP contribution in [-0.4, -0.2) is 21.1 Å². The summed E-state index contributed by atoms with van der Waals surface area (Å²) in [5.74, 6) is -0.0775. The monoisotopic (exact) mass is 364 g/mol. The molecule has 0 saturated carbocycles. The lowest BCUT2D eigenvalue weighted by molar-refractivity contribution is -0.110. The quantitative estimate of drug-likeness (QED) is 0.521. The van der Waals surface area contributed by atoms with Crippen molar-refractivity contribution in [2.45, 2.75) is 0 Å². The summed E-state index contributed by atoms with van der Waals surface area (Å²) in [6, 6.07) is 17.6. The van der Waals surface area contributed by atoms with Crippen LogP contribution in [0.25, 0.3) is 34.7 Å². The first-order valence-corrected chi connectivity index (χ1v) is 8.97. The molecule has 0 bridgehead atoms. The zero-order chi connectivity index (χ0) is 18.9. The van der Waals surface area contributed by atoms with Gasteiger partial charge < -0.3 is 5.32 Å². The van der Waals surface area contributed by atoms with Gasteiger partial charge in [-0.2, -0.15) is 5.10 Å². The maximum atomic E-state index is 12.4. The Labute approximate surface area is 161 Å². The highest BCUT2D eigenvalue weighted by molar-refractivity contribution is 6.34. The Hall–Kier alpha value is -3.99. The van der Waals surface area contributed by atoms with Gasteiger partial charge in [0.1, 0.15) is 0 Å². The number of hydrogen-bond donors (Lipinski definition) is 2. The van der Waals surface area contributed by atoms with Crippen molar-refractivity contribution in [3.8, 4) is 0 Å². The van der Waals surface area contributed by atoms with E-state index in [-0.39, 0.29) is 5.91 Å². The van der Waals surface area contributed by atoms with Crippen LogP contribution in [0.2, 0.25) is 0 Å². The predicted molar refractivity (Wildman–Crippen MR) is 112 cm³/mol. The minimum Gasteiger partial charge on any atom is -0.321 e. The highest BCUT2D eigenvalue weighted by atomic mass is 16.2. The molecule has 0 aliphatic carbocycles. The molecule has 5 rings (SSSR count). The van der Waals surface area contributed by atoms with Crippen LogP contribution in [0.3, 0.4) is 0 Å². The molecule has 5 nitrogen and oxygen atoms in total. The molecule has 1 amide bonds. The van der Waals surface area contributed by atoms with Crippen LogP contribution in [0.15, 0.2) is 67.0 Å². The number of para-hydroxylation sites is 1. The van der Waals surface area contributed by atoms with E-state index < -0.39 is 0 Å². The third-order valence-electron chi connectivity index (χ3n) is 4.78. The van der Waals surface area contributed by atoms with E-state index in [0.29, 0.717) is 5.57 Å². The van der Waals surface area contributed by atoms with Crippen molar-refractivity contribution in [3.05, 3.63) is 89.4 Å². The Morgan fingerprint density at radius 3 is 2.64 bits per heavy atom. The molecular formula is C23H16N4O. The zero-order valence-electron chi connectivity index (χ0n) is 14.9. The van der Waals surface area contributed by atoms with Crippen LogP contribution in [0, 0.1) is 0 Å². The minimum absolute atomic E-state index is 0.0775. The fourth-order valence-electron chi connectivity index (χ4n) is 3.37. The van der Waals surface area contributed by atoms with Crippen LogP contribution in [0.4, 0.5) is 5.69 Å². The molecular weight excluding hydrogens is 348 g/mol. The Kier molecular flexibility index (Phi) is 3.84. The zero-order valence-corrected chi connectivity index (χ0v) is 14.9. The van der Waals surface area contributed by atoms with Crippen molar-refractivity contribution in [2.75, 3.05) is 5.32 Å². The topological polar surface area (TPSA) is 70.7 Å². The largest absolute Gasteiger partial charge is 0.321 e. The van der Waals surface area contributed by atoms with E-state index in [2.05, 4.69) is 20.5 Å². The summed E-state index contributed by atoms with van der Waals surface area (Å²) in [5, 5.41) is 11.4. The number of nitrogens with zero attached hydrogens (tertiary/aromatic N) is 2. The third-order valence-corrected chi connectivity index (χ3v) is 4.78. The SMILES string of the molecule is O=C1Nc2ccccc2C1=Cc1ccc2[nH]nc(/C=C/c3ccncc3)c2c1. The molecule has 2 N–H and O–H groups in total. The summed E-state index contributed by atoms with van der Waals surface area (Å²) < 4.78 is 0. The number of fused-ring (bicyclic) bond motifs is 2. The summed E-state index contributed by atoms with van der Waals surface area (Å²) in [7, 11) is 0. The van der Waals surface area contributed by atoms with Crippen LogP contribution < -0.4 is 5.32 Å². The van der Waals surface area contributed by atoms with E-state index in [0.717, 1.165) is 39.0 Å². The number of rotatable bonds is 3. The number of aromatic nitrogens is 3. The highest BCUT2D eigenvalue weighted by Crippen LogP contribution is 2.33. The molecule has 0 saturated heterocycles. The third kappa shape index (κ3) is 2.89. The van der Waals surface area contributed by atoms with Gasteiger partial charge in [-0.3, -0.25) is 14.9 Å². The molecule has 0 radical (unpaired) electrons. The maximum absolute atomic E-state index is 12.4. The second-order valence-electron chi connectivity index (χ2n) is 6.59. The van der Waals surface area contributed by atoms with Gasteiger partial charge in [-0.05, 0) is 53.6 Å². The molecule has 1 aliphatic rings. The van der Waals surface area contributed by atoms with Crippen molar-refractivity contribution in [2.24, 2.45) is 0 Å². The van der Waals surface area contributed by atoms with Crippen LogP contribution in [0.5, 0.6) is 0 Å². The second kappa shape index (κ2) is 6.63. The van der Waals surface area contributed by atoms with E-state index in [9.17, 15) is 4.79 Å². The highest BCUT2D eigenvalue weighted by Gasteiger charge is 2.23. The first-order chi connectivity index (χ1) is 13.8. The molecule has 0 spiro atoms. The van der Waals surface area contributed by atoms with E-state index in [1.807, 2.05) is 72.8 Å². The lowest BCUT2D eigenvalue weighted by Crippen LogP contribution is -2.03. The van der Waals surface area contributed by atoms with Gasteiger partial charge in [0.05, 0.1) is 11.2 Å². The Balaban J connectivity index is 1.54. The number of carbonyl (C=O) groups is 1. The minimum atomic E-state index is -0.0775. The van der Waals surface area contributed by atoms with Gasteiger partial charge in [0.2, 0.25) is 0 Å². The normalized spacial score (nSPS) is 14.7. The molecule has 5 heteroatoms. The number of nitrogens with one attached hydrogen (secondary N) is 2. The second-order valence-corrected chi connectivity index (χ2v) is 6.59. The average Bonchev–Trinajstić information content (AvgIpc) is 3.28. The number of carbonyl (C=O) groups excluding carboxylic acids is 1. The first kappa shape index (κ1) is 16.2. The van der Waals surface area contributed by atoms with E-state index in [4.69, 9.17) is 0 Å². The average molecular weight is 364 g/mol. The smallest absolute Gasteiger partial charge is 0.256 e. The van der Waals surface area contributed by atoms with Crippen molar-refractivity contribution < 1.29 is 4.79 Å². The predicted octanol–water partition coefficient (Wildman–Crippen LogP) is 4.62. The fourth-order valence-corrected chi connectivity index (χ4v) is 3.37. The number of hydrogen-bond acceptors (Lipinski definition) is 3. The Morgan fingerprint density at radius 2 is 1.75 bits per heavy atom. The molecule has 0 unspecified atom stereocenters. The number of pyridine rings is 1. The van der Waals surface area contributed by atoms with Crippen LogP contribution >= 0.6 is 0 Å². The number of benzene rings is 2. The Bertz CT molecular complexity index is 1250. The first-order valence-electron chi connectivity index (χ1n) is 8.97. The summed E-state index contributed by atoms with van der Waals surface area (Å²) in [6.07, 6.45) is 9.42. The Morgan fingerprint density at radius 1 is 0.893 bits per heavy atom. The fraction of sp³-hybridized carbons (Fsp3) is 0. The van der Waals surface area contributed by atoms with Crippen molar-refractivity contribution >= 4 is 46.3 Å². The van der Waals surface area contributed by atoms with Gasteiger partial charge in [-0.1, -0.05) is 30.3 Å². The maximum Gasteiger partial charge on any atom is 0.256 e. The van der Waals surface area contributed by atoms with E-state index in [1.54, 1.807) is 12.4 Å². The number of aromatic amines is 1. The van der Waals surface area contributed by atoms with Gasteiger partial charge in [0.25, 0.3) is 5.91 Å². The van der Waals surface area contributed by atoms with E-state index in [1.165, 1.54) is 0 Å². The standard InChI is InChI=1S/C23H16N4O/c28-23-18(17-3-1-2-4-20(17)25-23)13-16-6-8-22-19(14-16)21(26-27-22)7-5-15-9-11-24-12-10-15/h1-14H,(H,25,28)(H,26,27)/b7-5+,18-13?. The lowest BCUT2D eigenvalue weighted by Gasteiger charge is -1.99. The molecule has 4 aromatic rings. The number of H-pyrrole nitrogens is 1. The van der Waals surface area contributed by atoms with Gasteiger partial charge in [0.15, 0.2) is 0 Å². The van der Waals surface area contributed by atoms with Crippen LogP contribution in [-0.2, 0) is 4.79 Å². The summed E-state index contributed by atoms with van der Waals surface area (Å²) >= 11 is 0. The van der Waals surface area contributed by atoms with E-state index >= 15 is 0 Å². The molecule has 0 fully saturated rings. The van der Waals surface area contributed by atoms with Crippen LogP contribution in [0.1, 0.15) is 22.4 Å². The summed E-state index contributed by atoms with van der Waals surface area (Å²) in [4.78, 5) is 16.4. The summed E-state index contributed by atoms with van der Waals surface area (Å²) in [5.41, 5.74) is 6.27. The number of anilines is 1. The van der Waals surface area contributed by atoms with Crippen molar-refractivity contribution in [1.29, 1.82) is 0 Å². The number of amides is 1. The molecule has 134 valence electrons. The molecule has 28 heavy (non-hydrogen) atoms. The molecule has 2 aromatic heterocycles. The lowest BCUT2D eigenvalue weighted by atomic mass is 10.0. The van der Waals surface area contributed by atoms with Crippen molar-refractivity contribution in [3.63, 3.8) is 0 Å². The van der Waals surface area contributed by atoms with Gasteiger partial charge in [-0.25, -0.2) is 0 Å². The van der Waals surface area contributed by atoms with Gasteiger partial charge >= 0.3 is 0 Å². The molecule has 3 heterocycles. The van der Waals surface area contributed by atoms with Crippen molar-refractivity contribution in [1.82, 2.24) is 15.2 Å². The van der Waals surface area contributed by atoms with Gasteiger partial charge in [-0.15, -0.1) is 0 Å². The summed E-state index contributed by atoms with van der Waals surface area (Å²) in [6.45, 7) is 0. The molecule has 1 aliphatic heterocycles. The molecule has 0 atom stereocenters. The van der Waals surface area contributed by atoms with Gasteiger partial charge in [0, 0.05) is 34.6 Å². The molecule has 2 aromatic carbocycles.